The second kappa shape index (κ2) is 3.31. The zero-order chi connectivity index (χ0) is 12.0. The predicted molar refractivity (Wildman–Crippen MR) is 70.6 cm³/mol. The van der Waals surface area contributed by atoms with Crippen LogP contribution in [0.2, 0.25) is 0 Å². The van der Waals surface area contributed by atoms with E-state index < -0.39 is 0 Å². The van der Waals surface area contributed by atoms with Crippen LogP contribution in [0.4, 0.5) is 11.4 Å². The van der Waals surface area contributed by atoms with Crippen LogP contribution in [0, 0.1) is 6.92 Å². The number of nitrogens with two attached hydrogens (primary N) is 2. The Bertz CT molecular complexity index is 734. The van der Waals surface area contributed by atoms with Crippen molar-refractivity contribution in [2.24, 2.45) is 0 Å². The number of hydrogen-bond donors (Lipinski definition) is 2. The van der Waals surface area contributed by atoms with E-state index in [2.05, 4.69) is 9.97 Å². The lowest BCUT2D eigenvalue weighted by Crippen LogP contribution is -1.94. The number of fused-ring (bicyclic) bond motifs is 2. The number of nitrogens with zero attached hydrogens (tertiary/aromatic N) is 2. The summed E-state index contributed by atoms with van der Waals surface area (Å²) in [5.74, 6) is 0. The Morgan fingerprint density at radius 3 is 2.29 bits per heavy atom. The lowest BCUT2D eigenvalue weighted by atomic mass is 10.1. The molecular formula is C13H12N4. The highest BCUT2D eigenvalue weighted by atomic mass is 14.8. The van der Waals surface area contributed by atoms with Crippen LogP contribution in [0.1, 0.15) is 5.56 Å². The summed E-state index contributed by atoms with van der Waals surface area (Å²) in [6, 6.07) is 9.32. The van der Waals surface area contributed by atoms with Gasteiger partial charge in [0.2, 0.25) is 0 Å². The molecule has 0 aliphatic carbocycles. The molecule has 3 aromatic rings. The van der Waals surface area contributed by atoms with Gasteiger partial charge in [0.1, 0.15) is 0 Å². The minimum absolute atomic E-state index is 0.686. The van der Waals surface area contributed by atoms with Gasteiger partial charge in [-0.2, -0.15) is 0 Å². The van der Waals surface area contributed by atoms with E-state index in [4.69, 9.17) is 11.5 Å². The summed E-state index contributed by atoms with van der Waals surface area (Å²) in [4.78, 5) is 9.07. The standard InChI is InChI=1S/C13H12N4/c1-7-4-11-13(6-9(7)15)17-12-5-8(14)2-3-10(12)16-11/h2-6H,14-15H2,1H3. The van der Waals surface area contributed by atoms with Gasteiger partial charge in [-0.1, -0.05) is 0 Å². The van der Waals surface area contributed by atoms with E-state index in [1.54, 1.807) is 0 Å². The fourth-order valence-corrected chi connectivity index (χ4v) is 1.86. The number of anilines is 2. The second-order valence-electron chi connectivity index (χ2n) is 4.17. The Balaban J connectivity index is 2.43. The van der Waals surface area contributed by atoms with Crippen molar-refractivity contribution < 1.29 is 0 Å². The van der Waals surface area contributed by atoms with Crippen LogP contribution < -0.4 is 11.5 Å². The molecule has 0 saturated carbocycles. The monoisotopic (exact) mass is 224 g/mol. The second-order valence-corrected chi connectivity index (χ2v) is 4.17. The van der Waals surface area contributed by atoms with Crippen molar-refractivity contribution in [3.8, 4) is 0 Å². The number of hydrogen-bond acceptors (Lipinski definition) is 4. The van der Waals surface area contributed by atoms with Crippen molar-refractivity contribution in [2.45, 2.75) is 6.92 Å². The Labute approximate surface area is 98.3 Å². The molecule has 0 aliphatic heterocycles. The van der Waals surface area contributed by atoms with E-state index in [9.17, 15) is 0 Å². The fourth-order valence-electron chi connectivity index (χ4n) is 1.86. The SMILES string of the molecule is Cc1cc2nc3ccc(N)cc3nc2cc1N. The van der Waals surface area contributed by atoms with Gasteiger partial charge >= 0.3 is 0 Å². The summed E-state index contributed by atoms with van der Waals surface area (Å²) in [7, 11) is 0. The lowest BCUT2D eigenvalue weighted by molar-refractivity contribution is 1.37. The zero-order valence-electron chi connectivity index (χ0n) is 9.44. The molecule has 0 radical (unpaired) electrons. The van der Waals surface area contributed by atoms with Gasteiger partial charge in [0.15, 0.2) is 0 Å². The molecule has 4 nitrogen and oxygen atoms in total. The average Bonchev–Trinajstić information content (AvgIpc) is 2.28. The van der Waals surface area contributed by atoms with Gasteiger partial charge in [-0.05, 0) is 42.8 Å². The van der Waals surface area contributed by atoms with E-state index >= 15 is 0 Å². The number of aromatic nitrogens is 2. The first-order valence-corrected chi connectivity index (χ1v) is 5.36. The smallest absolute Gasteiger partial charge is 0.0915 e. The first kappa shape index (κ1) is 9.84. The zero-order valence-corrected chi connectivity index (χ0v) is 9.44. The predicted octanol–water partition coefficient (Wildman–Crippen LogP) is 2.26. The van der Waals surface area contributed by atoms with Crippen LogP contribution in [-0.2, 0) is 0 Å². The number of benzene rings is 2. The molecule has 0 amide bonds. The number of nitrogen functional groups attached to an aromatic ring is 2. The molecule has 0 spiro atoms. The maximum Gasteiger partial charge on any atom is 0.0915 e. The molecule has 17 heavy (non-hydrogen) atoms. The van der Waals surface area contributed by atoms with Gasteiger partial charge in [0.05, 0.1) is 22.1 Å². The summed E-state index contributed by atoms with van der Waals surface area (Å²) in [6.07, 6.45) is 0. The first-order valence-electron chi connectivity index (χ1n) is 5.36. The minimum Gasteiger partial charge on any atom is -0.399 e. The third-order valence-corrected chi connectivity index (χ3v) is 2.84. The van der Waals surface area contributed by atoms with Crippen LogP contribution in [0.5, 0.6) is 0 Å². The minimum atomic E-state index is 0.686. The number of rotatable bonds is 0. The molecule has 1 aromatic heterocycles. The van der Waals surface area contributed by atoms with Crippen molar-refractivity contribution in [1.29, 1.82) is 0 Å². The maximum absolute atomic E-state index is 5.87. The van der Waals surface area contributed by atoms with Crippen molar-refractivity contribution in [1.82, 2.24) is 9.97 Å². The molecule has 84 valence electrons. The van der Waals surface area contributed by atoms with Gasteiger partial charge < -0.3 is 11.5 Å². The van der Waals surface area contributed by atoms with Crippen molar-refractivity contribution >= 4 is 33.4 Å². The molecule has 0 fully saturated rings. The molecule has 0 atom stereocenters. The molecule has 0 unspecified atom stereocenters. The van der Waals surface area contributed by atoms with E-state index in [1.807, 2.05) is 37.3 Å². The fraction of sp³-hybridized carbons (Fsp3) is 0.0769. The van der Waals surface area contributed by atoms with Gasteiger partial charge in [0, 0.05) is 11.4 Å². The Morgan fingerprint density at radius 2 is 1.47 bits per heavy atom. The van der Waals surface area contributed by atoms with E-state index in [1.165, 1.54) is 0 Å². The highest BCUT2D eigenvalue weighted by Gasteiger charge is 2.04. The molecule has 0 aliphatic rings. The van der Waals surface area contributed by atoms with Gasteiger partial charge in [-0.15, -0.1) is 0 Å². The molecule has 0 bridgehead atoms. The quantitative estimate of drug-likeness (QED) is 0.453. The summed E-state index contributed by atoms with van der Waals surface area (Å²) < 4.78 is 0. The topological polar surface area (TPSA) is 77.8 Å². The van der Waals surface area contributed by atoms with E-state index in [-0.39, 0.29) is 0 Å². The Hall–Kier alpha value is -2.36. The summed E-state index contributed by atoms with van der Waals surface area (Å²) in [6.45, 7) is 1.96. The third kappa shape index (κ3) is 1.54. The molecule has 2 aromatic carbocycles. The van der Waals surface area contributed by atoms with Crippen molar-refractivity contribution in [3.05, 3.63) is 35.9 Å². The van der Waals surface area contributed by atoms with Crippen LogP contribution in [0.3, 0.4) is 0 Å². The molecule has 0 saturated heterocycles. The van der Waals surface area contributed by atoms with Gasteiger partial charge in [0.25, 0.3) is 0 Å². The van der Waals surface area contributed by atoms with Crippen molar-refractivity contribution in [2.75, 3.05) is 11.5 Å². The average molecular weight is 224 g/mol. The Morgan fingerprint density at radius 1 is 0.824 bits per heavy atom. The molecule has 4 N–H and O–H groups in total. The van der Waals surface area contributed by atoms with Gasteiger partial charge in [-0.3, -0.25) is 0 Å². The molecule has 1 heterocycles. The third-order valence-electron chi connectivity index (χ3n) is 2.84. The van der Waals surface area contributed by atoms with E-state index in [0.29, 0.717) is 5.69 Å². The highest BCUT2D eigenvalue weighted by Crippen LogP contribution is 2.22. The molecule has 4 heteroatoms. The van der Waals surface area contributed by atoms with Crippen LogP contribution in [-0.4, -0.2) is 9.97 Å². The molecule has 3 rings (SSSR count). The lowest BCUT2D eigenvalue weighted by Gasteiger charge is -2.05. The normalized spacial score (nSPS) is 11.1. The van der Waals surface area contributed by atoms with Gasteiger partial charge in [-0.25, -0.2) is 9.97 Å². The first-order chi connectivity index (χ1) is 8.13. The Kier molecular flexibility index (Phi) is 1.92. The van der Waals surface area contributed by atoms with Crippen molar-refractivity contribution in [3.63, 3.8) is 0 Å². The summed E-state index contributed by atoms with van der Waals surface area (Å²) >= 11 is 0. The van der Waals surface area contributed by atoms with Crippen LogP contribution in [0.15, 0.2) is 30.3 Å². The summed E-state index contributed by atoms with van der Waals surface area (Å²) in [5, 5.41) is 0. The van der Waals surface area contributed by atoms with Crippen LogP contribution >= 0.6 is 0 Å². The highest BCUT2D eigenvalue weighted by molar-refractivity contribution is 5.89. The summed E-state index contributed by atoms with van der Waals surface area (Å²) in [5.41, 5.74) is 17.3. The van der Waals surface area contributed by atoms with Crippen LogP contribution in [0.25, 0.3) is 22.1 Å². The van der Waals surface area contributed by atoms with E-state index in [0.717, 1.165) is 33.3 Å². The molecular weight excluding hydrogens is 212 g/mol. The largest absolute Gasteiger partial charge is 0.399 e. The number of aryl methyl sites for hydroxylation is 1. The maximum atomic E-state index is 5.87.